The zero-order valence-corrected chi connectivity index (χ0v) is 21.6. The van der Waals surface area contributed by atoms with Gasteiger partial charge < -0.3 is 14.2 Å². The molecule has 0 saturated heterocycles. The SMILES string of the molecule is CCOc1ccc(-n2c(SCC(=O)N/N=C\c3ccc(OC)cc3OC)nnc2-c2ccccc2)cc1. The molecule has 1 N–H and O–H groups in total. The molecule has 3 aromatic carbocycles. The van der Waals surface area contributed by atoms with Crippen LogP contribution in [-0.2, 0) is 4.79 Å². The molecular formula is C27H27N5O4S. The summed E-state index contributed by atoms with van der Waals surface area (Å²) < 4.78 is 18.0. The van der Waals surface area contributed by atoms with Gasteiger partial charge in [-0.3, -0.25) is 9.36 Å². The Balaban J connectivity index is 1.49. The second-order valence-corrected chi connectivity index (χ2v) is 8.57. The topological polar surface area (TPSA) is 99.9 Å². The molecule has 10 heteroatoms. The van der Waals surface area contributed by atoms with E-state index in [1.165, 1.54) is 18.0 Å². The molecule has 0 fully saturated rings. The van der Waals surface area contributed by atoms with Crippen molar-refractivity contribution in [3.8, 4) is 34.3 Å². The molecule has 9 nitrogen and oxygen atoms in total. The summed E-state index contributed by atoms with van der Waals surface area (Å²) in [4.78, 5) is 12.5. The van der Waals surface area contributed by atoms with Crippen LogP contribution in [0, 0.1) is 0 Å². The first-order chi connectivity index (χ1) is 18.1. The number of hydrogen-bond acceptors (Lipinski definition) is 8. The lowest BCUT2D eigenvalue weighted by molar-refractivity contribution is -0.118. The highest BCUT2D eigenvalue weighted by molar-refractivity contribution is 7.99. The Hall–Kier alpha value is -4.31. The number of nitrogens with zero attached hydrogens (tertiary/aromatic N) is 4. The summed E-state index contributed by atoms with van der Waals surface area (Å²) in [6, 6.07) is 22.8. The Labute approximate surface area is 219 Å². The lowest BCUT2D eigenvalue weighted by atomic mass is 10.2. The van der Waals surface area contributed by atoms with E-state index in [0.717, 1.165) is 17.0 Å². The molecule has 0 aliphatic carbocycles. The Bertz CT molecular complexity index is 1360. The maximum absolute atomic E-state index is 12.5. The quantitative estimate of drug-likeness (QED) is 0.176. The van der Waals surface area contributed by atoms with E-state index in [1.807, 2.05) is 66.1 Å². The minimum Gasteiger partial charge on any atom is -0.497 e. The molecule has 4 rings (SSSR count). The van der Waals surface area contributed by atoms with Gasteiger partial charge in [0.2, 0.25) is 0 Å². The van der Waals surface area contributed by atoms with Crippen molar-refractivity contribution in [3.05, 3.63) is 78.4 Å². The van der Waals surface area contributed by atoms with Crippen LogP contribution in [0.4, 0.5) is 0 Å². The molecule has 1 amide bonds. The summed E-state index contributed by atoms with van der Waals surface area (Å²) in [5.74, 6) is 2.53. The second-order valence-electron chi connectivity index (χ2n) is 7.62. The summed E-state index contributed by atoms with van der Waals surface area (Å²) >= 11 is 1.27. The number of methoxy groups -OCH3 is 2. The van der Waals surface area contributed by atoms with Gasteiger partial charge in [0.25, 0.3) is 5.91 Å². The average Bonchev–Trinajstić information content (AvgIpc) is 3.37. The number of ether oxygens (including phenoxy) is 3. The number of carbonyl (C=O) groups is 1. The van der Waals surface area contributed by atoms with Crippen LogP contribution in [0.5, 0.6) is 17.2 Å². The molecule has 0 saturated carbocycles. The fraction of sp³-hybridized carbons (Fsp3) is 0.185. The summed E-state index contributed by atoms with van der Waals surface area (Å²) in [7, 11) is 3.14. The lowest BCUT2D eigenvalue weighted by Gasteiger charge is -2.11. The number of hydrazone groups is 1. The van der Waals surface area contributed by atoms with Crippen molar-refractivity contribution >= 4 is 23.9 Å². The van der Waals surface area contributed by atoms with E-state index in [-0.39, 0.29) is 11.7 Å². The van der Waals surface area contributed by atoms with Crippen LogP contribution in [-0.4, -0.2) is 53.5 Å². The summed E-state index contributed by atoms with van der Waals surface area (Å²) in [6.45, 7) is 2.53. The third kappa shape index (κ3) is 6.47. The number of aromatic nitrogens is 3. The minimum absolute atomic E-state index is 0.0983. The highest BCUT2D eigenvalue weighted by Gasteiger charge is 2.17. The van der Waals surface area contributed by atoms with Gasteiger partial charge in [0.15, 0.2) is 11.0 Å². The van der Waals surface area contributed by atoms with Crippen molar-refractivity contribution in [3.63, 3.8) is 0 Å². The van der Waals surface area contributed by atoms with Gasteiger partial charge in [-0.05, 0) is 43.3 Å². The van der Waals surface area contributed by atoms with E-state index >= 15 is 0 Å². The Morgan fingerprint density at radius 3 is 2.46 bits per heavy atom. The summed E-state index contributed by atoms with van der Waals surface area (Å²) in [6.07, 6.45) is 1.52. The number of amides is 1. The fourth-order valence-corrected chi connectivity index (χ4v) is 4.23. The van der Waals surface area contributed by atoms with Gasteiger partial charge in [-0.25, -0.2) is 5.43 Å². The van der Waals surface area contributed by atoms with E-state index in [4.69, 9.17) is 14.2 Å². The van der Waals surface area contributed by atoms with E-state index < -0.39 is 0 Å². The van der Waals surface area contributed by atoms with Gasteiger partial charge in [-0.1, -0.05) is 42.1 Å². The Morgan fingerprint density at radius 1 is 1.00 bits per heavy atom. The van der Waals surface area contributed by atoms with Crippen LogP contribution in [0.1, 0.15) is 12.5 Å². The normalized spacial score (nSPS) is 10.9. The van der Waals surface area contributed by atoms with Crippen molar-refractivity contribution in [1.82, 2.24) is 20.2 Å². The first-order valence-corrected chi connectivity index (χ1v) is 12.5. The van der Waals surface area contributed by atoms with E-state index in [0.29, 0.717) is 34.7 Å². The van der Waals surface area contributed by atoms with Gasteiger partial charge in [0, 0.05) is 22.9 Å². The van der Waals surface area contributed by atoms with Gasteiger partial charge in [0.1, 0.15) is 17.2 Å². The van der Waals surface area contributed by atoms with Gasteiger partial charge in [0.05, 0.1) is 32.8 Å². The van der Waals surface area contributed by atoms with Crippen LogP contribution >= 0.6 is 11.8 Å². The highest BCUT2D eigenvalue weighted by Crippen LogP contribution is 2.29. The van der Waals surface area contributed by atoms with Crippen LogP contribution in [0.25, 0.3) is 17.1 Å². The van der Waals surface area contributed by atoms with Crippen molar-refractivity contribution in [1.29, 1.82) is 0 Å². The number of rotatable bonds is 11. The number of benzene rings is 3. The predicted octanol–water partition coefficient (Wildman–Crippen LogP) is 4.59. The van der Waals surface area contributed by atoms with Crippen molar-refractivity contribution in [2.75, 3.05) is 26.6 Å². The summed E-state index contributed by atoms with van der Waals surface area (Å²) in [5.41, 5.74) is 5.03. The zero-order chi connectivity index (χ0) is 26.0. The third-order valence-corrected chi connectivity index (χ3v) is 6.17. The zero-order valence-electron chi connectivity index (χ0n) is 20.7. The molecule has 190 valence electrons. The maximum Gasteiger partial charge on any atom is 0.250 e. The monoisotopic (exact) mass is 517 g/mol. The van der Waals surface area contributed by atoms with Crippen molar-refractivity contribution in [2.45, 2.75) is 12.1 Å². The Kier molecular flexibility index (Phi) is 8.77. The minimum atomic E-state index is -0.281. The molecule has 4 aromatic rings. The molecule has 0 spiro atoms. The van der Waals surface area contributed by atoms with E-state index in [2.05, 4.69) is 20.7 Å². The van der Waals surface area contributed by atoms with Crippen LogP contribution < -0.4 is 19.6 Å². The van der Waals surface area contributed by atoms with Gasteiger partial charge >= 0.3 is 0 Å². The molecule has 0 aliphatic heterocycles. The molecule has 0 atom stereocenters. The molecule has 37 heavy (non-hydrogen) atoms. The standard InChI is InChI=1S/C27H27N5O4S/c1-4-36-22-14-11-21(12-15-22)32-26(19-8-6-5-7-9-19)30-31-27(32)37-18-25(33)29-28-17-20-10-13-23(34-2)16-24(20)35-3/h5-17H,4,18H2,1-3H3,(H,29,33)/b28-17-. The second kappa shape index (κ2) is 12.6. The largest absolute Gasteiger partial charge is 0.497 e. The number of thioether (sulfide) groups is 1. The number of hydrogen-bond donors (Lipinski definition) is 1. The smallest absolute Gasteiger partial charge is 0.250 e. The number of carbonyl (C=O) groups excluding carboxylic acids is 1. The first kappa shape index (κ1) is 25.8. The maximum atomic E-state index is 12.5. The molecule has 1 heterocycles. The highest BCUT2D eigenvalue weighted by atomic mass is 32.2. The summed E-state index contributed by atoms with van der Waals surface area (Å²) in [5, 5.41) is 13.4. The number of nitrogens with one attached hydrogen (secondary N) is 1. The average molecular weight is 518 g/mol. The molecule has 1 aromatic heterocycles. The third-order valence-electron chi connectivity index (χ3n) is 5.24. The van der Waals surface area contributed by atoms with Crippen LogP contribution in [0.3, 0.4) is 0 Å². The molecule has 0 radical (unpaired) electrons. The lowest BCUT2D eigenvalue weighted by Crippen LogP contribution is -2.20. The van der Waals surface area contributed by atoms with Crippen LogP contribution in [0.2, 0.25) is 0 Å². The molecule has 0 bridgehead atoms. The molecule has 0 unspecified atom stereocenters. The Morgan fingerprint density at radius 2 is 1.76 bits per heavy atom. The molecular weight excluding hydrogens is 490 g/mol. The predicted molar refractivity (Wildman–Crippen MR) is 144 cm³/mol. The van der Waals surface area contributed by atoms with Crippen LogP contribution in [0.15, 0.2) is 83.1 Å². The fourth-order valence-electron chi connectivity index (χ4n) is 3.49. The van der Waals surface area contributed by atoms with Crippen molar-refractivity contribution < 1.29 is 19.0 Å². The first-order valence-electron chi connectivity index (χ1n) is 11.5. The van der Waals surface area contributed by atoms with E-state index in [9.17, 15) is 4.79 Å². The molecule has 0 aliphatic rings. The van der Waals surface area contributed by atoms with Gasteiger partial charge in [-0.2, -0.15) is 5.10 Å². The van der Waals surface area contributed by atoms with E-state index in [1.54, 1.807) is 32.4 Å². The van der Waals surface area contributed by atoms with Gasteiger partial charge in [-0.15, -0.1) is 10.2 Å². The van der Waals surface area contributed by atoms with Crippen molar-refractivity contribution in [2.24, 2.45) is 5.10 Å².